The van der Waals surface area contributed by atoms with Crippen molar-refractivity contribution >= 4 is 46.4 Å². The van der Waals surface area contributed by atoms with Gasteiger partial charge in [-0.05, 0) is 25.1 Å². The molecule has 0 spiro atoms. The molecule has 1 aromatic heterocycles. The highest BCUT2D eigenvalue weighted by molar-refractivity contribution is 7.99. The number of fused-ring (bicyclic) bond motifs is 1. The van der Waals surface area contributed by atoms with Crippen molar-refractivity contribution < 1.29 is 4.79 Å². The number of hydrazone groups is 1. The number of nitrogens with one attached hydrogen (secondary N) is 1. The third-order valence-corrected chi connectivity index (χ3v) is 5.21. The monoisotopic (exact) mass is 426 g/mol. The number of rotatable bonds is 7. The van der Waals surface area contributed by atoms with Crippen LogP contribution >= 0.6 is 23.4 Å². The molecule has 2 aromatic carbocycles. The van der Waals surface area contributed by atoms with E-state index in [2.05, 4.69) is 22.1 Å². The minimum absolute atomic E-state index is 0.0564. The molecule has 0 saturated carbocycles. The Labute approximate surface area is 177 Å². The van der Waals surface area contributed by atoms with E-state index in [0.29, 0.717) is 33.2 Å². The second-order valence-corrected chi connectivity index (χ2v) is 7.71. The minimum atomic E-state index is -0.317. The number of nitrogens with zero attached hydrogens (tertiary/aromatic N) is 3. The standard InChI is InChI=1S/C21H19ClN4O2S/c1-14(2)12-26-20(28)16-8-4-6-10-18(16)24-21(26)29-13-19(27)25-23-11-15-7-3-5-9-17(15)22/h3-11H,1,12-13H2,2H3,(H,25,27)/b23-11+. The number of allylic oxidation sites excluding steroid dienone is 1. The van der Waals surface area contributed by atoms with Crippen LogP contribution in [0.1, 0.15) is 12.5 Å². The van der Waals surface area contributed by atoms with Crippen molar-refractivity contribution in [3.05, 3.63) is 81.6 Å². The SMILES string of the molecule is C=C(C)Cn1c(SCC(=O)N/N=C/c2ccccc2Cl)nc2ccccc2c1=O. The first-order chi connectivity index (χ1) is 14.0. The molecule has 6 nitrogen and oxygen atoms in total. The second kappa shape index (κ2) is 9.54. The van der Waals surface area contributed by atoms with E-state index >= 15 is 0 Å². The first-order valence-corrected chi connectivity index (χ1v) is 10.2. The van der Waals surface area contributed by atoms with E-state index in [9.17, 15) is 9.59 Å². The van der Waals surface area contributed by atoms with Crippen molar-refractivity contribution in [2.24, 2.45) is 5.10 Å². The van der Waals surface area contributed by atoms with Gasteiger partial charge in [0.1, 0.15) is 0 Å². The molecule has 1 N–H and O–H groups in total. The number of hydrogen-bond donors (Lipinski definition) is 1. The van der Waals surface area contributed by atoms with E-state index in [0.717, 1.165) is 5.57 Å². The molecule has 0 bridgehead atoms. The molecule has 0 aliphatic carbocycles. The van der Waals surface area contributed by atoms with Crippen LogP contribution in [-0.4, -0.2) is 27.4 Å². The Bertz CT molecular complexity index is 1160. The Morgan fingerprint density at radius 2 is 2.00 bits per heavy atom. The van der Waals surface area contributed by atoms with Crippen molar-refractivity contribution in [1.82, 2.24) is 15.0 Å². The van der Waals surface area contributed by atoms with Crippen LogP contribution in [-0.2, 0) is 11.3 Å². The molecule has 0 fully saturated rings. The predicted molar refractivity (Wildman–Crippen MR) is 119 cm³/mol. The van der Waals surface area contributed by atoms with Gasteiger partial charge in [0.25, 0.3) is 11.5 Å². The van der Waals surface area contributed by atoms with Crippen LogP contribution in [0.4, 0.5) is 0 Å². The first kappa shape index (κ1) is 20.8. The van der Waals surface area contributed by atoms with Gasteiger partial charge in [0.15, 0.2) is 5.16 Å². The average Bonchev–Trinajstić information content (AvgIpc) is 2.70. The van der Waals surface area contributed by atoms with Crippen LogP contribution in [0.25, 0.3) is 10.9 Å². The molecular weight excluding hydrogens is 408 g/mol. The summed E-state index contributed by atoms with van der Waals surface area (Å²) < 4.78 is 1.54. The van der Waals surface area contributed by atoms with E-state index in [1.807, 2.05) is 25.1 Å². The van der Waals surface area contributed by atoms with Crippen LogP contribution in [0.15, 0.2) is 75.7 Å². The van der Waals surface area contributed by atoms with Gasteiger partial charge in [-0.2, -0.15) is 5.10 Å². The number of benzene rings is 2. The summed E-state index contributed by atoms with van der Waals surface area (Å²) in [5, 5.41) is 5.47. The third kappa shape index (κ3) is 5.34. The summed E-state index contributed by atoms with van der Waals surface area (Å²) in [4.78, 5) is 29.5. The molecule has 29 heavy (non-hydrogen) atoms. The molecule has 3 rings (SSSR count). The van der Waals surface area contributed by atoms with Gasteiger partial charge in [-0.15, -0.1) is 0 Å². The molecule has 148 valence electrons. The zero-order valence-electron chi connectivity index (χ0n) is 15.8. The summed E-state index contributed by atoms with van der Waals surface area (Å²) >= 11 is 7.22. The molecule has 0 aliphatic rings. The number of amides is 1. The number of halogens is 1. The number of carbonyl (C=O) groups is 1. The van der Waals surface area contributed by atoms with Gasteiger partial charge >= 0.3 is 0 Å². The fourth-order valence-electron chi connectivity index (χ4n) is 2.58. The maximum absolute atomic E-state index is 12.8. The van der Waals surface area contributed by atoms with Crippen LogP contribution in [0.5, 0.6) is 0 Å². The van der Waals surface area contributed by atoms with Crippen molar-refractivity contribution in [2.75, 3.05) is 5.75 Å². The van der Waals surface area contributed by atoms with Crippen LogP contribution < -0.4 is 11.0 Å². The lowest BCUT2D eigenvalue weighted by Crippen LogP contribution is -2.25. The molecule has 0 unspecified atom stereocenters. The minimum Gasteiger partial charge on any atom is -0.283 e. The Balaban J connectivity index is 1.74. The summed E-state index contributed by atoms with van der Waals surface area (Å²) in [6.45, 7) is 6.06. The number of carbonyl (C=O) groups excluding carboxylic acids is 1. The smallest absolute Gasteiger partial charge is 0.262 e. The number of para-hydroxylation sites is 1. The topological polar surface area (TPSA) is 76.3 Å². The largest absolute Gasteiger partial charge is 0.283 e. The lowest BCUT2D eigenvalue weighted by Gasteiger charge is -2.12. The van der Waals surface area contributed by atoms with Gasteiger partial charge in [-0.25, -0.2) is 10.4 Å². The predicted octanol–water partition coefficient (Wildman–Crippen LogP) is 3.87. The third-order valence-electron chi connectivity index (χ3n) is 3.89. The molecule has 0 atom stereocenters. The number of aromatic nitrogens is 2. The summed E-state index contributed by atoms with van der Waals surface area (Å²) in [6.07, 6.45) is 1.48. The molecule has 0 aliphatic heterocycles. The van der Waals surface area contributed by atoms with E-state index in [1.165, 1.54) is 22.5 Å². The summed E-state index contributed by atoms with van der Waals surface area (Å²) in [6, 6.07) is 14.3. The van der Waals surface area contributed by atoms with Crippen molar-refractivity contribution in [3.8, 4) is 0 Å². The molecule has 1 heterocycles. The van der Waals surface area contributed by atoms with E-state index in [1.54, 1.807) is 30.3 Å². The first-order valence-electron chi connectivity index (χ1n) is 8.79. The molecule has 0 saturated heterocycles. The Kier molecular flexibility index (Phi) is 6.85. The fraction of sp³-hybridized carbons (Fsp3) is 0.143. The zero-order valence-corrected chi connectivity index (χ0v) is 17.3. The quantitative estimate of drug-likeness (QED) is 0.204. The highest BCUT2D eigenvalue weighted by Gasteiger charge is 2.13. The van der Waals surface area contributed by atoms with Crippen LogP contribution in [0, 0.1) is 0 Å². The Hall–Kier alpha value is -2.90. The molecule has 3 aromatic rings. The maximum Gasteiger partial charge on any atom is 0.262 e. The average molecular weight is 427 g/mol. The lowest BCUT2D eigenvalue weighted by atomic mass is 10.2. The second-order valence-electron chi connectivity index (χ2n) is 6.36. The van der Waals surface area contributed by atoms with E-state index in [-0.39, 0.29) is 17.2 Å². The van der Waals surface area contributed by atoms with Crippen molar-refractivity contribution in [3.63, 3.8) is 0 Å². The maximum atomic E-state index is 12.8. The highest BCUT2D eigenvalue weighted by Crippen LogP contribution is 2.18. The lowest BCUT2D eigenvalue weighted by molar-refractivity contribution is -0.118. The molecule has 8 heteroatoms. The van der Waals surface area contributed by atoms with Crippen molar-refractivity contribution in [1.29, 1.82) is 0 Å². The fourth-order valence-corrected chi connectivity index (χ4v) is 3.56. The zero-order chi connectivity index (χ0) is 20.8. The van der Waals surface area contributed by atoms with E-state index in [4.69, 9.17) is 11.6 Å². The summed E-state index contributed by atoms with van der Waals surface area (Å²) in [5.41, 5.74) is 4.42. The Morgan fingerprint density at radius 1 is 1.28 bits per heavy atom. The van der Waals surface area contributed by atoms with Crippen molar-refractivity contribution in [2.45, 2.75) is 18.6 Å². The van der Waals surface area contributed by atoms with Gasteiger partial charge in [0.05, 0.1) is 22.9 Å². The van der Waals surface area contributed by atoms with Gasteiger partial charge in [0, 0.05) is 17.1 Å². The molecule has 1 amide bonds. The van der Waals surface area contributed by atoms with Crippen LogP contribution in [0.2, 0.25) is 5.02 Å². The van der Waals surface area contributed by atoms with Gasteiger partial charge < -0.3 is 0 Å². The number of thioether (sulfide) groups is 1. The number of hydrogen-bond acceptors (Lipinski definition) is 5. The summed E-state index contributed by atoms with van der Waals surface area (Å²) in [7, 11) is 0. The van der Waals surface area contributed by atoms with Gasteiger partial charge in [0.2, 0.25) is 0 Å². The van der Waals surface area contributed by atoms with Crippen LogP contribution in [0.3, 0.4) is 0 Å². The van der Waals surface area contributed by atoms with Gasteiger partial charge in [-0.1, -0.05) is 65.8 Å². The van der Waals surface area contributed by atoms with E-state index < -0.39 is 0 Å². The normalized spacial score (nSPS) is 11.1. The van der Waals surface area contributed by atoms with Gasteiger partial charge in [-0.3, -0.25) is 14.2 Å². The highest BCUT2D eigenvalue weighted by atomic mass is 35.5. The Morgan fingerprint density at radius 3 is 2.76 bits per heavy atom. The molecular formula is C21H19ClN4O2S. The summed E-state index contributed by atoms with van der Waals surface area (Å²) in [5.74, 6) is -0.261. The molecule has 0 radical (unpaired) electrons.